The maximum Gasteiger partial charge on any atom is 0.0314 e. The first-order valence-corrected chi connectivity index (χ1v) is 4.84. The van der Waals surface area contributed by atoms with Crippen molar-refractivity contribution in [2.75, 3.05) is 0 Å². The lowest BCUT2D eigenvalue weighted by atomic mass is 10.5. The van der Waals surface area contributed by atoms with E-state index in [0.29, 0.717) is 0 Å². The molecule has 0 aliphatic carbocycles. The Morgan fingerprint density at radius 3 is 2.67 bits per heavy atom. The number of rotatable bonds is 1. The van der Waals surface area contributed by atoms with Crippen LogP contribution in [-0.4, -0.2) is 0 Å². The van der Waals surface area contributed by atoms with E-state index in [9.17, 15) is 0 Å². The Morgan fingerprint density at radius 2 is 2.44 bits per heavy atom. The zero-order valence-corrected chi connectivity index (χ0v) is 8.31. The zero-order valence-electron chi connectivity index (χ0n) is 5.02. The Bertz CT molecular complexity index is 185. The van der Waals surface area contributed by atoms with Gasteiger partial charge < -0.3 is 0 Å². The molecule has 0 aliphatic rings. The topological polar surface area (TPSA) is 0 Å². The van der Waals surface area contributed by atoms with Crippen molar-refractivity contribution in [2.24, 2.45) is 0 Å². The molecule has 50 valence electrons. The van der Waals surface area contributed by atoms with E-state index in [2.05, 4.69) is 41.5 Å². The highest BCUT2D eigenvalue weighted by Crippen LogP contribution is 2.26. The SMILES string of the molecule is Cc1sc(CS)cc1Br. The molecule has 0 radical (unpaired) electrons. The quantitative estimate of drug-likeness (QED) is 0.694. The number of hydrogen-bond donors (Lipinski definition) is 1. The van der Waals surface area contributed by atoms with Crippen LogP contribution in [0.15, 0.2) is 10.5 Å². The van der Waals surface area contributed by atoms with Crippen molar-refractivity contribution in [3.8, 4) is 0 Å². The van der Waals surface area contributed by atoms with Gasteiger partial charge in [0, 0.05) is 20.0 Å². The van der Waals surface area contributed by atoms with Crippen molar-refractivity contribution in [2.45, 2.75) is 12.7 Å². The second kappa shape index (κ2) is 3.08. The number of aryl methyl sites for hydroxylation is 1. The molecule has 0 amide bonds. The lowest BCUT2D eigenvalue weighted by Crippen LogP contribution is -1.60. The second-order valence-electron chi connectivity index (χ2n) is 1.77. The minimum atomic E-state index is 0.844. The zero-order chi connectivity index (χ0) is 6.85. The van der Waals surface area contributed by atoms with Crippen LogP contribution in [0.25, 0.3) is 0 Å². The van der Waals surface area contributed by atoms with E-state index in [1.165, 1.54) is 14.2 Å². The first kappa shape index (κ1) is 7.63. The van der Waals surface area contributed by atoms with Gasteiger partial charge in [0.2, 0.25) is 0 Å². The van der Waals surface area contributed by atoms with Gasteiger partial charge in [0.05, 0.1) is 0 Å². The molecule has 1 heterocycles. The van der Waals surface area contributed by atoms with Crippen LogP contribution in [0, 0.1) is 6.92 Å². The standard InChI is InChI=1S/C6H7BrS2/c1-4-6(7)2-5(3-8)9-4/h2,8H,3H2,1H3. The Balaban J connectivity index is 2.98. The summed E-state index contributed by atoms with van der Waals surface area (Å²) < 4.78 is 1.21. The molecule has 1 aromatic rings. The Morgan fingerprint density at radius 1 is 1.78 bits per heavy atom. The van der Waals surface area contributed by atoms with Crippen LogP contribution in [-0.2, 0) is 5.75 Å². The summed E-state index contributed by atoms with van der Waals surface area (Å²) in [6, 6.07) is 2.12. The summed E-state index contributed by atoms with van der Waals surface area (Å²) in [5, 5.41) is 0. The van der Waals surface area contributed by atoms with E-state index in [0.717, 1.165) is 5.75 Å². The summed E-state index contributed by atoms with van der Waals surface area (Å²) in [5.41, 5.74) is 0. The largest absolute Gasteiger partial charge is 0.174 e. The van der Waals surface area contributed by atoms with E-state index in [1.807, 2.05) is 0 Å². The van der Waals surface area contributed by atoms with Crippen molar-refractivity contribution >= 4 is 39.9 Å². The highest BCUT2D eigenvalue weighted by molar-refractivity contribution is 9.10. The Labute approximate surface area is 72.8 Å². The Hall–Kier alpha value is 0.530. The average molecular weight is 223 g/mol. The van der Waals surface area contributed by atoms with Crippen molar-refractivity contribution in [1.82, 2.24) is 0 Å². The lowest BCUT2D eigenvalue weighted by Gasteiger charge is -1.79. The van der Waals surface area contributed by atoms with Crippen molar-refractivity contribution in [3.63, 3.8) is 0 Å². The molecule has 3 heteroatoms. The summed E-state index contributed by atoms with van der Waals surface area (Å²) in [5.74, 6) is 0.844. The number of halogens is 1. The van der Waals surface area contributed by atoms with Gasteiger partial charge >= 0.3 is 0 Å². The highest BCUT2D eigenvalue weighted by atomic mass is 79.9. The molecule has 0 unspecified atom stereocenters. The summed E-state index contributed by atoms with van der Waals surface area (Å²) in [6.45, 7) is 2.10. The Kier molecular flexibility index (Phi) is 2.61. The summed E-state index contributed by atoms with van der Waals surface area (Å²) >= 11 is 9.38. The van der Waals surface area contributed by atoms with E-state index >= 15 is 0 Å². The van der Waals surface area contributed by atoms with Gasteiger partial charge in [-0.1, -0.05) is 0 Å². The molecule has 0 N–H and O–H groups in total. The predicted octanol–water partition coefficient (Wildman–Crippen LogP) is 3.25. The fourth-order valence-corrected chi connectivity index (χ4v) is 2.34. The van der Waals surface area contributed by atoms with Gasteiger partial charge in [-0.2, -0.15) is 12.6 Å². The average Bonchev–Trinajstić information content (AvgIpc) is 2.13. The van der Waals surface area contributed by atoms with Gasteiger partial charge in [-0.15, -0.1) is 11.3 Å². The highest BCUT2D eigenvalue weighted by Gasteiger charge is 1.98. The van der Waals surface area contributed by atoms with Crippen LogP contribution in [0.2, 0.25) is 0 Å². The van der Waals surface area contributed by atoms with Gasteiger partial charge in [0.1, 0.15) is 0 Å². The van der Waals surface area contributed by atoms with Crippen LogP contribution in [0.5, 0.6) is 0 Å². The minimum Gasteiger partial charge on any atom is -0.174 e. The molecule has 1 rings (SSSR count). The van der Waals surface area contributed by atoms with E-state index < -0.39 is 0 Å². The minimum absolute atomic E-state index is 0.844. The second-order valence-corrected chi connectivity index (χ2v) is 4.29. The fraction of sp³-hybridized carbons (Fsp3) is 0.333. The van der Waals surface area contributed by atoms with Crippen molar-refractivity contribution in [1.29, 1.82) is 0 Å². The van der Waals surface area contributed by atoms with E-state index in [4.69, 9.17) is 0 Å². The van der Waals surface area contributed by atoms with Gasteiger partial charge in [-0.3, -0.25) is 0 Å². The molecule has 0 saturated heterocycles. The molecule has 0 nitrogen and oxygen atoms in total. The number of thiol groups is 1. The van der Waals surface area contributed by atoms with Gasteiger partial charge in [0.25, 0.3) is 0 Å². The van der Waals surface area contributed by atoms with E-state index in [1.54, 1.807) is 11.3 Å². The molecule has 0 aliphatic heterocycles. The normalized spacial score (nSPS) is 10.1. The third-order valence-corrected chi connectivity index (χ3v) is 3.76. The first-order chi connectivity index (χ1) is 4.24. The molecule has 9 heavy (non-hydrogen) atoms. The van der Waals surface area contributed by atoms with Crippen LogP contribution < -0.4 is 0 Å². The maximum atomic E-state index is 4.16. The van der Waals surface area contributed by atoms with Crippen LogP contribution in [0.4, 0.5) is 0 Å². The smallest absolute Gasteiger partial charge is 0.0314 e. The molecule has 0 bridgehead atoms. The summed E-state index contributed by atoms with van der Waals surface area (Å²) in [7, 11) is 0. The van der Waals surface area contributed by atoms with Crippen molar-refractivity contribution < 1.29 is 0 Å². The summed E-state index contributed by atoms with van der Waals surface area (Å²) in [4.78, 5) is 2.65. The molecule has 0 atom stereocenters. The molecule has 0 saturated carbocycles. The fourth-order valence-electron chi connectivity index (χ4n) is 0.596. The van der Waals surface area contributed by atoms with Gasteiger partial charge in [-0.25, -0.2) is 0 Å². The van der Waals surface area contributed by atoms with E-state index in [-0.39, 0.29) is 0 Å². The lowest BCUT2D eigenvalue weighted by molar-refractivity contribution is 1.53. The molecule has 0 spiro atoms. The predicted molar refractivity (Wildman–Crippen MR) is 49.4 cm³/mol. The van der Waals surface area contributed by atoms with Crippen LogP contribution in [0.1, 0.15) is 9.75 Å². The van der Waals surface area contributed by atoms with Crippen LogP contribution >= 0.6 is 39.9 Å². The number of hydrogen-bond acceptors (Lipinski definition) is 2. The van der Waals surface area contributed by atoms with Gasteiger partial charge in [0.15, 0.2) is 0 Å². The monoisotopic (exact) mass is 222 g/mol. The molecule has 1 aromatic heterocycles. The molecule has 0 fully saturated rings. The maximum absolute atomic E-state index is 4.16. The first-order valence-electron chi connectivity index (χ1n) is 2.59. The molecule has 0 aromatic carbocycles. The van der Waals surface area contributed by atoms with Gasteiger partial charge in [-0.05, 0) is 28.9 Å². The van der Waals surface area contributed by atoms with Crippen molar-refractivity contribution in [3.05, 3.63) is 20.3 Å². The third-order valence-electron chi connectivity index (χ3n) is 1.06. The molecular formula is C6H7BrS2. The van der Waals surface area contributed by atoms with Crippen LogP contribution in [0.3, 0.4) is 0 Å². The molecular weight excluding hydrogens is 216 g/mol. The summed E-state index contributed by atoms with van der Waals surface area (Å²) in [6.07, 6.45) is 0. The third kappa shape index (κ3) is 1.72. The number of thiophene rings is 1.